The van der Waals surface area contributed by atoms with E-state index in [1.54, 1.807) is 11.3 Å². The smallest absolute Gasteiger partial charge is 0.225 e. The van der Waals surface area contributed by atoms with E-state index in [1.165, 1.54) is 11.8 Å². The van der Waals surface area contributed by atoms with Crippen molar-refractivity contribution in [2.24, 2.45) is 0 Å². The van der Waals surface area contributed by atoms with Crippen LogP contribution in [-0.4, -0.2) is 11.7 Å². The molecule has 0 unspecified atom stereocenters. The van der Waals surface area contributed by atoms with Gasteiger partial charge in [0.1, 0.15) is 0 Å². The fourth-order valence-electron chi connectivity index (χ4n) is 2.04. The summed E-state index contributed by atoms with van der Waals surface area (Å²) in [4.78, 5) is 12.9. The Bertz CT molecular complexity index is 539. The molecule has 0 fully saturated rings. The Hall–Kier alpha value is -1.25. The molecule has 0 radical (unpaired) electrons. The van der Waals surface area contributed by atoms with Crippen molar-refractivity contribution in [3.63, 3.8) is 0 Å². The van der Waals surface area contributed by atoms with E-state index in [4.69, 9.17) is 0 Å². The van der Waals surface area contributed by atoms with Gasteiger partial charge in [0.05, 0.1) is 16.7 Å². The molecule has 1 aliphatic heterocycles. The van der Waals surface area contributed by atoms with Gasteiger partial charge in [0, 0.05) is 17.2 Å². The minimum Gasteiger partial charge on any atom is -0.320 e. The van der Waals surface area contributed by atoms with E-state index in [0.29, 0.717) is 12.0 Å². The summed E-state index contributed by atoms with van der Waals surface area (Å²) in [6.07, 6.45) is 0.373. The highest BCUT2D eigenvalue weighted by molar-refractivity contribution is 8.03. The normalized spacial score (nSPS) is 19.6. The third-order valence-electron chi connectivity index (χ3n) is 2.86. The Morgan fingerprint density at radius 2 is 2.44 bits per heavy atom. The van der Waals surface area contributed by atoms with E-state index < -0.39 is 0 Å². The first-order chi connectivity index (χ1) is 8.67. The molecule has 0 aliphatic carbocycles. The Labute approximate surface area is 115 Å². The average molecular weight is 278 g/mol. The highest BCUT2D eigenvalue weighted by atomic mass is 32.2. The molecule has 0 aromatic carbocycles. The standard InChI is InChI=1S/C13H14N2OS2/c1-3-17-13-10(7-14)9(6-11(16)15-13)12-8(2)4-5-18-12/h4-5,9H,3,6H2,1-2H3,(H,15,16)/t9-/m0/s1. The van der Waals surface area contributed by atoms with Crippen LogP contribution in [0.1, 0.15) is 29.7 Å². The van der Waals surface area contributed by atoms with Crippen molar-refractivity contribution in [3.8, 4) is 6.07 Å². The highest BCUT2D eigenvalue weighted by Gasteiger charge is 2.30. The lowest BCUT2D eigenvalue weighted by atomic mass is 9.91. The molecular weight excluding hydrogens is 264 g/mol. The number of hydrogen-bond acceptors (Lipinski definition) is 4. The zero-order valence-corrected chi connectivity index (χ0v) is 12.0. The van der Waals surface area contributed by atoms with Gasteiger partial charge in [-0.1, -0.05) is 6.92 Å². The second kappa shape index (κ2) is 5.59. The summed E-state index contributed by atoms with van der Waals surface area (Å²) in [5, 5.41) is 14.9. The summed E-state index contributed by atoms with van der Waals surface area (Å²) in [5.74, 6) is 0.775. The Morgan fingerprint density at radius 3 is 3.00 bits per heavy atom. The number of rotatable bonds is 3. The van der Waals surface area contributed by atoms with Gasteiger partial charge in [0.25, 0.3) is 0 Å². The molecule has 0 saturated heterocycles. The Balaban J connectivity index is 2.46. The maximum atomic E-state index is 11.8. The fraction of sp³-hybridized carbons (Fsp3) is 0.385. The minimum absolute atomic E-state index is 0.00255. The maximum absolute atomic E-state index is 11.8. The second-order valence-corrected chi connectivity index (χ2v) is 6.28. The lowest BCUT2D eigenvalue weighted by Gasteiger charge is -2.24. The van der Waals surface area contributed by atoms with Gasteiger partial charge in [0.2, 0.25) is 5.91 Å². The topological polar surface area (TPSA) is 52.9 Å². The van der Waals surface area contributed by atoms with Crippen LogP contribution in [0.3, 0.4) is 0 Å². The van der Waals surface area contributed by atoms with Gasteiger partial charge < -0.3 is 5.32 Å². The molecular formula is C13H14N2OS2. The van der Waals surface area contributed by atoms with E-state index in [1.807, 2.05) is 25.3 Å². The van der Waals surface area contributed by atoms with E-state index in [9.17, 15) is 10.1 Å². The van der Waals surface area contributed by atoms with Crippen LogP contribution in [-0.2, 0) is 4.79 Å². The Kier molecular flexibility index (Phi) is 4.10. The summed E-state index contributed by atoms with van der Waals surface area (Å²) in [7, 11) is 0. The third kappa shape index (κ3) is 2.45. The first-order valence-corrected chi connectivity index (χ1v) is 7.64. The molecule has 18 heavy (non-hydrogen) atoms. The van der Waals surface area contributed by atoms with Gasteiger partial charge in [-0.3, -0.25) is 4.79 Å². The summed E-state index contributed by atoms with van der Waals surface area (Å²) in [5.41, 5.74) is 1.86. The van der Waals surface area contributed by atoms with Gasteiger partial charge in [0.15, 0.2) is 0 Å². The van der Waals surface area contributed by atoms with Crippen molar-refractivity contribution in [3.05, 3.63) is 32.5 Å². The van der Waals surface area contributed by atoms with Crippen molar-refractivity contribution in [1.82, 2.24) is 5.32 Å². The molecule has 94 valence electrons. The van der Waals surface area contributed by atoms with Crippen molar-refractivity contribution in [2.75, 3.05) is 5.75 Å². The highest BCUT2D eigenvalue weighted by Crippen LogP contribution is 2.39. The van der Waals surface area contributed by atoms with Crippen LogP contribution in [0.4, 0.5) is 0 Å². The van der Waals surface area contributed by atoms with Gasteiger partial charge >= 0.3 is 0 Å². The van der Waals surface area contributed by atoms with E-state index in [-0.39, 0.29) is 11.8 Å². The lowest BCUT2D eigenvalue weighted by Crippen LogP contribution is -2.30. The molecule has 1 aromatic heterocycles. The molecule has 0 bridgehead atoms. The number of hydrogen-bond donors (Lipinski definition) is 1. The van der Waals surface area contributed by atoms with Crippen LogP contribution in [0.2, 0.25) is 0 Å². The number of nitrogens with one attached hydrogen (secondary N) is 1. The van der Waals surface area contributed by atoms with Crippen molar-refractivity contribution < 1.29 is 4.79 Å². The summed E-state index contributed by atoms with van der Waals surface area (Å²) >= 11 is 3.15. The maximum Gasteiger partial charge on any atom is 0.225 e. The van der Waals surface area contributed by atoms with Gasteiger partial charge in [-0.25, -0.2) is 0 Å². The number of thiophene rings is 1. The molecule has 1 N–H and O–H groups in total. The van der Waals surface area contributed by atoms with Gasteiger partial charge in [-0.2, -0.15) is 5.26 Å². The molecule has 3 nitrogen and oxygen atoms in total. The average Bonchev–Trinajstić information content (AvgIpc) is 2.75. The molecule has 1 amide bonds. The van der Waals surface area contributed by atoms with Crippen LogP contribution in [0.5, 0.6) is 0 Å². The van der Waals surface area contributed by atoms with Gasteiger partial charge in [-0.15, -0.1) is 23.1 Å². The van der Waals surface area contributed by atoms with E-state index >= 15 is 0 Å². The Morgan fingerprint density at radius 1 is 1.67 bits per heavy atom. The first kappa shape index (κ1) is 13.2. The number of carbonyl (C=O) groups excluding carboxylic acids is 1. The van der Waals surface area contributed by atoms with E-state index in [0.717, 1.165) is 21.2 Å². The molecule has 1 aromatic rings. The SMILES string of the molecule is CCSC1=C(C#N)[C@@H](c2sccc2C)CC(=O)N1. The molecule has 2 rings (SSSR count). The van der Waals surface area contributed by atoms with Gasteiger partial charge in [-0.05, 0) is 29.7 Å². The van der Waals surface area contributed by atoms with Crippen molar-refractivity contribution in [2.45, 2.75) is 26.2 Å². The molecule has 5 heteroatoms. The lowest BCUT2D eigenvalue weighted by molar-refractivity contribution is -0.120. The molecule has 0 saturated carbocycles. The second-order valence-electron chi connectivity index (χ2n) is 4.06. The van der Waals surface area contributed by atoms with Crippen LogP contribution >= 0.6 is 23.1 Å². The predicted molar refractivity (Wildman–Crippen MR) is 75.3 cm³/mol. The number of nitrogens with zero attached hydrogens (tertiary/aromatic N) is 1. The quantitative estimate of drug-likeness (QED) is 0.924. The predicted octanol–water partition coefficient (Wildman–Crippen LogP) is 3.15. The van der Waals surface area contributed by atoms with E-state index in [2.05, 4.69) is 11.4 Å². The summed E-state index contributed by atoms with van der Waals surface area (Å²) in [6.45, 7) is 4.04. The number of aryl methyl sites for hydroxylation is 1. The number of nitriles is 1. The third-order valence-corrected chi connectivity index (χ3v) is 4.89. The minimum atomic E-state index is -0.0715. The monoisotopic (exact) mass is 278 g/mol. The number of thioether (sulfide) groups is 1. The number of amides is 1. The number of allylic oxidation sites excluding steroid dienone is 1. The zero-order valence-electron chi connectivity index (χ0n) is 10.3. The van der Waals surface area contributed by atoms with Crippen LogP contribution in [0.15, 0.2) is 22.0 Å². The summed E-state index contributed by atoms with van der Waals surface area (Å²) in [6, 6.07) is 4.31. The molecule has 1 aliphatic rings. The van der Waals surface area contributed by atoms with Crippen LogP contribution in [0.25, 0.3) is 0 Å². The van der Waals surface area contributed by atoms with Crippen molar-refractivity contribution >= 4 is 29.0 Å². The first-order valence-electron chi connectivity index (χ1n) is 5.78. The molecule has 1 atom stereocenters. The fourth-order valence-corrected chi connectivity index (χ4v) is 3.90. The van der Waals surface area contributed by atoms with Crippen LogP contribution in [0, 0.1) is 18.3 Å². The zero-order chi connectivity index (χ0) is 13.1. The largest absolute Gasteiger partial charge is 0.320 e. The summed E-state index contributed by atoms with van der Waals surface area (Å²) < 4.78 is 0. The molecule has 0 spiro atoms. The number of carbonyl (C=O) groups is 1. The molecule has 2 heterocycles. The van der Waals surface area contributed by atoms with Crippen molar-refractivity contribution in [1.29, 1.82) is 5.26 Å². The van der Waals surface area contributed by atoms with Crippen LogP contribution < -0.4 is 5.32 Å².